The first-order valence-electron chi connectivity index (χ1n) is 9.57. The van der Waals surface area contributed by atoms with Gasteiger partial charge < -0.3 is 14.7 Å². The van der Waals surface area contributed by atoms with E-state index in [1.54, 1.807) is 23.0 Å². The molecule has 0 atom stereocenters. The number of fused-ring (bicyclic) bond motifs is 1. The van der Waals surface area contributed by atoms with Crippen LogP contribution in [-0.2, 0) is 11.3 Å². The maximum atomic E-state index is 12.7. The molecule has 1 aromatic heterocycles. The summed E-state index contributed by atoms with van der Waals surface area (Å²) < 4.78 is 6.83. The fourth-order valence-corrected chi connectivity index (χ4v) is 3.65. The summed E-state index contributed by atoms with van der Waals surface area (Å²) in [7, 11) is 1.47. The lowest BCUT2D eigenvalue weighted by Crippen LogP contribution is -2.49. The van der Waals surface area contributed by atoms with Crippen LogP contribution in [0.3, 0.4) is 0 Å². The SMILES string of the molecule is COc1cc2nn(CC(=O)N3CCN(CC4CC4)CC3)cc2cc1NC(=O)O. The van der Waals surface area contributed by atoms with Gasteiger partial charge in [-0.05, 0) is 24.8 Å². The molecule has 2 aromatic rings. The third kappa shape index (κ3) is 4.19. The Labute approximate surface area is 162 Å². The molecule has 28 heavy (non-hydrogen) atoms. The van der Waals surface area contributed by atoms with Crippen molar-refractivity contribution in [1.82, 2.24) is 19.6 Å². The first-order chi connectivity index (χ1) is 13.5. The van der Waals surface area contributed by atoms with Crippen LogP contribution in [0.15, 0.2) is 18.3 Å². The number of anilines is 1. The van der Waals surface area contributed by atoms with Gasteiger partial charge >= 0.3 is 6.09 Å². The van der Waals surface area contributed by atoms with Crippen LogP contribution in [0.1, 0.15) is 12.8 Å². The van der Waals surface area contributed by atoms with Gasteiger partial charge in [-0.25, -0.2) is 4.79 Å². The van der Waals surface area contributed by atoms with Crippen molar-refractivity contribution in [3.63, 3.8) is 0 Å². The summed E-state index contributed by atoms with van der Waals surface area (Å²) in [6, 6.07) is 3.32. The Kier molecular flexibility index (Phi) is 5.08. The first kappa shape index (κ1) is 18.5. The van der Waals surface area contributed by atoms with E-state index in [1.165, 1.54) is 26.5 Å². The second-order valence-corrected chi connectivity index (χ2v) is 7.49. The zero-order valence-electron chi connectivity index (χ0n) is 15.9. The number of aromatic nitrogens is 2. The van der Waals surface area contributed by atoms with E-state index >= 15 is 0 Å². The molecular weight excluding hydrogens is 362 g/mol. The molecule has 9 nitrogen and oxygen atoms in total. The van der Waals surface area contributed by atoms with Crippen molar-refractivity contribution in [2.24, 2.45) is 5.92 Å². The fraction of sp³-hybridized carbons (Fsp3) is 0.526. The van der Waals surface area contributed by atoms with Crippen molar-refractivity contribution in [3.05, 3.63) is 18.3 Å². The van der Waals surface area contributed by atoms with Crippen LogP contribution < -0.4 is 10.1 Å². The molecule has 2 amide bonds. The van der Waals surface area contributed by atoms with E-state index in [0.29, 0.717) is 17.0 Å². The minimum absolute atomic E-state index is 0.0507. The fourth-order valence-electron chi connectivity index (χ4n) is 3.65. The lowest BCUT2D eigenvalue weighted by Gasteiger charge is -2.34. The zero-order valence-corrected chi connectivity index (χ0v) is 15.9. The van der Waals surface area contributed by atoms with Crippen LogP contribution in [0.2, 0.25) is 0 Å². The molecule has 2 aliphatic rings. The van der Waals surface area contributed by atoms with Crippen molar-refractivity contribution >= 4 is 28.6 Å². The van der Waals surface area contributed by atoms with Crippen molar-refractivity contribution in [3.8, 4) is 5.75 Å². The van der Waals surface area contributed by atoms with Crippen LogP contribution >= 0.6 is 0 Å². The Morgan fingerprint density at radius 1 is 1.25 bits per heavy atom. The number of carbonyl (C=O) groups excluding carboxylic acids is 1. The topological polar surface area (TPSA) is 99.9 Å². The van der Waals surface area contributed by atoms with Crippen molar-refractivity contribution in [1.29, 1.82) is 0 Å². The molecule has 2 heterocycles. The highest BCUT2D eigenvalue weighted by Gasteiger charge is 2.27. The van der Waals surface area contributed by atoms with E-state index in [-0.39, 0.29) is 12.5 Å². The van der Waals surface area contributed by atoms with E-state index in [1.807, 2.05) is 4.90 Å². The molecule has 1 saturated heterocycles. The lowest BCUT2D eigenvalue weighted by molar-refractivity contribution is -0.133. The largest absolute Gasteiger partial charge is 0.494 e. The summed E-state index contributed by atoms with van der Waals surface area (Å²) in [5.41, 5.74) is 0.995. The molecule has 0 spiro atoms. The third-order valence-electron chi connectivity index (χ3n) is 5.35. The number of rotatable bonds is 6. The molecule has 4 rings (SSSR count). The van der Waals surface area contributed by atoms with Crippen molar-refractivity contribution in [2.75, 3.05) is 45.2 Å². The molecule has 0 bridgehead atoms. The third-order valence-corrected chi connectivity index (χ3v) is 5.35. The molecule has 0 radical (unpaired) electrons. The number of nitrogens with zero attached hydrogens (tertiary/aromatic N) is 4. The molecular formula is C19H25N5O4. The monoisotopic (exact) mass is 387 g/mol. The van der Waals surface area contributed by atoms with E-state index in [0.717, 1.165) is 37.5 Å². The molecule has 1 aliphatic carbocycles. The maximum Gasteiger partial charge on any atom is 0.409 e. The van der Waals surface area contributed by atoms with Gasteiger partial charge in [0.25, 0.3) is 0 Å². The minimum atomic E-state index is -1.17. The van der Waals surface area contributed by atoms with E-state index in [9.17, 15) is 9.59 Å². The molecule has 9 heteroatoms. The summed E-state index contributed by atoms with van der Waals surface area (Å²) in [5.74, 6) is 1.31. The number of hydrogen-bond acceptors (Lipinski definition) is 5. The number of piperazine rings is 1. The van der Waals surface area contributed by atoms with E-state index < -0.39 is 6.09 Å². The molecule has 1 saturated carbocycles. The van der Waals surface area contributed by atoms with Gasteiger partial charge in [0.2, 0.25) is 5.91 Å². The summed E-state index contributed by atoms with van der Waals surface area (Å²) in [5, 5.41) is 16.5. The van der Waals surface area contributed by atoms with Gasteiger partial charge in [-0.2, -0.15) is 5.10 Å². The molecule has 0 unspecified atom stereocenters. The van der Waals surface area contributed by atoms with E-state index in [4.69, 9.17) is 9.84 Å². The lowest BCUT2D eigenvalue weighted by atomic mass is 10.2. The molecule has 2 fully saturated rings. The molecule has 150 valence electrons. The minimum Gasteiger partial charge on any atom is -0.494 e. The Bertz CT molecular complexity index is 884. The average Bonchev–Trinajstić information content (AvgIpc) is 3.39. The number of ether oxygens (including phenoxy) is 1. The predicted molar refractivity (Wildman–Crippen MR) is 104 cm³/mol. The number of hydrogen-bond donors (Lipinski definition) is 2. The summed E-state index contributed by atoms with van der Waals surface area (Å²) in [4.78, 5) is 27.9. The van der Waals surface area contributed by atoms with Gasteiger partial charge in [-0.3, -0.25) is 19.7 Å². The van der Waals surface area contributed by atoms with E-state index in [2.05, 4.69) is 15.3 Å². The Morgan fingerprint density at radius 3 is 2.64 bits per heavy atom. The number of methoxy groups -OCH3 is 1. The summed E-state index contributed by atoms with van der Waals surface area (Å²) >= 11 is 0. The smallest absolute Gasteiger partial charge is 0.409 e. The zero-order chi connectivity index (χ0) is 19.7. The highest BCUT2D eigenvalue weighted by molar-refractivity contribution is 5.92. The number of benzene rings is 1. The number of carbonyl (C=O) groups is 2. The molecule has 2 N–H and O–H groups in total. The summed E-state index contributed by atoms with van der Waals surface area (Å²) in [6.07, 6.45) is 3.28. The second kappa shape index (κ2) is 7.67. The number of amides is 2. The maximum absolute atomic E-state index is 12.7. The van der Waals surface area contributed by atoms with Gasteiger partial charge in [0, 0.05) is 50.4 Å². The number of carboxylic acid groups (broad SMARTS) is 1. The first-order valence-corrected chi connectivity index (χ1v) is 9.57. The van der Waals surface area contributed by atoms with Crippen LogP contribution in [-0.4, -0.2) is 76.5 Å². The van der Waals surface area contributed by atoms with Gasteiger partial charge in [-0.15, -0.1) is 0 Å². The van der Waals surface area contributed by atoms with Crippen LogP contribution in [0.4, 0.5) is 10.5 Å². The predicted octanol–water partition coefficient (Wildman–Crippen LogP) is 1.69. The Morgan fingerprint density at radius 2 is 2.00 bits per heavy atom. The van der Waals surface area contributed by atoms with Crippen LogP contribution in [0, 0.1) is 5.92 Å². The van der Waals surface area contributed by atoms with Crippen LogP contribution in [0.25, 0.3) is 10.9 Å². The quantitative estimate of drug-likeness (QED) is 0.782. The standard InChI is InChI=1S/C19H25N5O4/c1-28-17-9-15-14(8-16(17)20-19(26)27)11-24(21-15)12-18(25)23-6-4-22(5-7-23)10-13-2-3-13/h8-9,11,13,20H,2-7,10,12H2,1H3,(H,26,27). The van der Waals surface area contributed by atoms with Gasteiger partial charge in [0.1, 0.15) is 12.3 Å². The second-order valence-electron chi connectivity index (χ2n) is 7.49. The molecule has 1 aromatic carbocycles. The number of nitrogens with one attached hydrogen (secondary N) is 1. The average molecular weight is 387 g/mol. The highest BCUT2D eigenvalue weighted by Crippen LogP contribution is 2.30. The Balaban J connectivity index is 1.41. The normalized spacial score (nSPS) is 17.7. The van der Waals surface area contributed by atoms with Gasteiger partial charge in [0.15, 0.2) is 0 Å². The Hall–Kier alpha value is -2.81. The van der Waals surface area contributed by atoms with Crippen LogP contribution in [0.5, 0.6) is 5.75 Å². The highest BCUT2D eigenvalue weighted by atomic mass is 16.5. The molecule has 1 aliphatic heterocycles. The van der Waals surface area contributed by atoms with Gasteiger partial charge in [-0.1, -0.05) is 0 Å². The van der Waals surface area contributed by atoms with Crippen molar-refractivity contribution < 1.29 is 19.4 Å². The van der Waals surface area contributed by atoms with Gasteiger partial charge in [0.05, 0.1) is 18.3 Å². The van der Waals surface area contributed by atoms with Crippen molar-refractivity contribution in [2.45, 2.75) is 19.4 Å². The summed E-state index contributed by atoms with van der Waals surface area (Å²) in [6.45, 7) is 4.72.